The number of sulfonamides is 1. The van der Waals surface area contributed by atoms with E-state index in [0.29, 0.717) is 49.5 Å². The highest BCUT2D eigenvalue weighted by atomic mass is 35.5. The molecule has 4 aliphatic rings. The van der Waals surface area contributed by atoms with Crippen molar-refractivity contribution in [1.29, 1.82) is 0 Å². The Bertz CT molecular complexity index is 1400. The third-order valence-electron chi connectivity index (χ3n) is 9.88. The Hall–Kier alpha value is -2.29. The minimum absolute atomic E-state index is 0.186. The van der Waals surface area contributed by atoms with Gasteiger partial charge in [0.05, 0.1) is 23.6 Å². The second-order valence-electron chi connectivity index (χ2n) is 12.3. The molecule has 2 bridgehead atoms. The Kier molecular flexibility index (Phi) is 7.55. The number of carbonyl (C=O) groups excluding carboxylic acids is 1. The number of carbonyl (C=O) groups is 1. The van der Waals surface area contributed by atoms with Gasteiger partial charge in [0.2, 0.25) is 10.0 Å². The van der Waals surface area contributed by atoms with Crippen LogP contribution in [0.5, 0.6) is 5.75 Å². The lowest BCUT2D eigenvalue weighted by molar-refractivity contribution is 0.00906. The molecular formula is C31H39ClN2O5S. The van der Waals surface area contributed by atoms with E-state index in [4.69, 9.17) is 16.3 Å². The van der Waals surface area contributed by atoms with Crippen LogP contribution in [0.3, 0.4) is 0 Å². The molecule has 2 aliphatic heterocycles. The van der Waals surface area contributed by atoms with Crippen molar-refractivity contribution in [3.05, 3.63) is 58.1 Å². The Labute approximate surface area is 242 Å². The van der Waals surface area contributed by atoms with Crippen LogP contribution in [-0.2, 0) is 21.9 Å². The van der Waals surface area contributed by atoms with E-state index in [1.165, 1.54) is 11.1 Å². The first-order chi connectivity index (χ1) is 19.2. The summed E-state index contributed by atoms with van der Waals surface area (Å²) in [5.74, 6) is 0.587. The summed E-state index contributed by atoms with van der Waals surface area (Å²) in [5, 5.41) is 11.2. The normalized spacial score (nSPS) is 31.8. The molecule has 7 nitrogen and oxygen atoms in total. The topological polar surface area (TPSA) is 95.9 Å². The maximum atomic E-state index is 13.3. The summed E-state index contributed by atoms with van der Waals surface area (Å²) in [5.41, 5.74) is 3.41. The number of hydrogen-bond acceptors (Lipinski definition) is 6. The van der Waals surface area contributed by atoms with E-state index >= 15 is 0 Å². The number of rotatable bonds is 1. The number of ether oxygens (including phenoxy) is 1. The minimum atomic E-state index is -3.86. The van der Waals surface area contributed by atoms with Crippen LogP contribution in [0.25, 0.3) is 0 Å². The van der Waals surface area contributed by atoms with Crippen LogP contribution >= 0.6 is 11.6 Å². The molecule has 0 saturated heterocycles. The van der Waals surface area contributed by atoms with Gasteiger partial charge in [0.1, 0.15) is 5.75 Å². The Morgan fingerprint density at radius 1 is 1.12 bits per heavy atom. The number of halogens is 1. The van der Waals surface area contributed by atoms with Gasteiger partial charge in [0.25, 0.3) is 5.91 Å². The molecule has 40 heavy (non-hydrogen) atoms. The third-order valence-corrected chi connectivity index (χ3v) is 12.0. The van der Waals surface area contributed by atoms with Crippen molar-refractivity contribution in [2.24, 2.45) is 11.8 Å². The number of anilines is 1. The third kappa shape index (κ3) is 5.12. The smallest absolute Gasteiger partial charge is 0.264 e. The predicted molar refractivity (Wildman–Crippen MR) is 157 cm³/mol. The average Bonchev–Trinajstić information content (AvgIpc) is 3.05. The Balaban J connectivity index is 1.42. The maximum Gasteiger partial charge on any atom is 0.264 e. The van der Waals surface area contributed by atoms with Crippen molar-refractivity contribution in [1.82, 2.24) is 4.72 Å². The van der Waals surface area contributed by atoms with Gasteiger partial charge in [0, 0.05) is 29.1 Å². The summed E-state index contributed by atoms with van der Waals surface area (Å²) >= 11 is 6.37. The molecule has 216 valence electrons. The molecule has 0 aromatic heterocycles. The lowest BCUT2D eigenvalue weighted by Gasteiger charge is -2.45. The number of hydrogen-bond donors (Lipinski definition) is 2. The van der Waals surface area contributed by atoms with Gasteiger partial charge >= 0.3 is 0 Å². The van der Waals surface area contributed by atoms with Crippen LogP contribution in [0.4, 0.5) is 5.69 Å². The molecule has 6 rings (SSSR count). The molecule has 2 aromatic carbocycles. The van der Waals surface area contributed by atoms with Crippen LogP contribution in [-0.4, -0.2) is 50.5 Å². The number of amides is 1. The second-order valence-corrected chi connectivity index (χ2v) is 14.7. The molecule has 2 heterocycles. The molecule has 5 atom stereocenters. The number of fused-ring (bicyclic) bond motifs is 4. The molecule has 2 aliphatic carbocycles. The highest BCUT2D eigenvalue weighted by Crippen LogP contribution is 2.47. The second kappa shape index (κ2) is 10.8. The van der Waals surface area contributed by atoms with Gasteiger partial charge in [0.15, 0.2) is 0 Å². The zero-order valence-corrected chi connectivity index (χ0v) is 24.6. The van der Waals surface area contributed by atoms with E-state index < -0.39 is 27.3 Å². The first-order valence-corrected chi connectivity index (χ1v) is 16.7. The van der Waals surface area contributed by atoms with E-state index in [0.717, 1.165) is 55.9 Å². The highest BCUT2D eigenvalue weighted by molar-refractivity contribution is 7.90. The number of nitrogens with one attached hydrogen (secondary N) is 1. The van der Waals surface area contributed by atoms with Crippen molar-refractivity contribution in [2.45, 2.75) is 81.5 Å². The lowest BCUT2D eigenvalue weighted by atomic mass is 9.68. The van der Waals surface area contributed by atoms with Crippen LogP contribution in [0.1, 0.15) is 79.8 Å². The molecular weight excluding hydrogens is 548 g/mol. The summed E-state index contributed by atoms with van der Waals surface area (Å²) in [7, 11) is -3.86. The summed E-state index contributed by atoms with van der Waals surface area (Å²) in [6.07, 6.45) is 6.57. The summed E-state index contributed by atoms with van der Waals surface area (Å²) in [6, 6.07) is 11.4. The van der Waals surface area contributed by atoms with Gasteiger partial charge in [-0.3, -0.25) is 4.79 Å². The molecule has 0 unspecified atom stereocenters. The Morgan fingerprint density at radius 2 is 1.98 bits per heavy atom. The average molecular weight is 587 g/mol. The highest BCUT2D eigenvalue weighted by Gasteiger charge is 2.44. The SMILES string of the molecule is CC[C@@H]1CCC[C@H](O)[C@@H]2CC[C@H]2CN2C[C@@]3(CCCc4cc(Cl)ccc43)COc3ccc(cc32)C(=O)NS1(=O)=O. The van der Waals surface area contributed by atoms with Crippen LogP contribution in [0.15, 0.2) is 36.4 Å². The van der Waals surface area contributed by atoms with Crippen molar-refractivity contribution in [3.8, 4) is 5.75 Å². The van der Waals surface area contributed by atoms with Gasteiger partial charge in [-0.05, 0) is 111 Å². The van der Waals surface area contributed by atoms with Crippen molar-refractivity contribution in [3.63, 3.8) is 0 Å². The van der Waals surface area contributed by atoms with Crippen LogP contribution < -0.4 is 14.4 Å². The van der Waals surface area contributed by atoms with Gasteiger partial charge in [-0.2, -0.15) is 0 Å². The lowest BCUT2D eigenvalue weighted by Crippen LogP contribution is -2.49. The molecule has 2 aromatic rings. The summed E-state index contributed by atoms with van der Waals surface area (Å²) in [4.78, 5) is 15.6. The van der Waals surface area contributed by atoms with E-state index in [-0.39, 0.29) is 11.3 Å². The number of aliphatic hydroxyl groups excluding tert-OH is 1. The summed E-state index contributed by atoms with van der Waals surface area (Å²) in [6.45, 7) is 3.81. The van der Waals surface area contributed by atoms with E-state index in [1.54, 1.807) is 18.2 Å². The number of aryl methyl sites for hydroxylation is 1. The fourth-order valence-electron chi connectivity index (χ4n) is 7.49. The maximum absolute atomic E-state index is 13.3. The number of aliphatic hydroxyl groups is 1. The van der Waals surface area contributed by atoms with E-state index in [1.807, 2.05) is 13.0 Å². The molecule has 1 fully saturated rings. The van der Waals surface area contributed by atoms with Gasteiger partial charge < -0.3 is 14.7 Å². The van der Waals surface area contributed by atoms with Crippen LogP contribution in [0.2, 0.25) is 5.02 Å². The molecule has 1 spiro atoms. The fraction of sp³-hybridized carbons (Fsp3) is 0.581. The Morgan fingerprint density at radius 3 is 2.75 bits per heavy atom. The van der Waals surface area contributed by atoms with Crippen molar-refractivity contribution < 1.29 is 23.1 Å². The zero-order chi connectivity index (χ0) is 28.1. The molecule has 9 heteroatoms. The molecule has 1 saturated carbocycles. The van der Waals surface area contributed by atoms with Crippen molar-refractivity contribution >= 4 is 33.2 Å². The molecule has 2 N–H and O–H groups in total. The standard InChI is InChI=1S/C31H39ClN2O5S/c1-2-24-6-3-7-28(35)25-11-8-22(25)17-34-18-31(14-4-5-20-15-23(32)10-12-26(20)31)19-39-29-13-9-21(16-27(29)34)30(36)33-40(24,37)38/h9-10,12-13,15-16,22,24-25,28,35H,2-8,11,14,17-19H2,1H3,(H,33,36)/t22-,24+,25+,28-,31-/m0/s1. The first-order valence-electron chi connectivity index (χ1n) is 14.7. The van der Waals surface area contributed by atoms with E-state index in [9.17, 15) is 18.3 Å². The minimum Gasteiger partial charge on any atom is -0.490 e. The monoisotopic (exact) mass is 586 g/mol. The quantitative estimate of drug-likeness (QED) is 0.475. The number of benzene rings is 2. The van der Waals surface area contributed by atoms with Crippen LogP contribution in [0, 0.1) is 11.8 Å². The first kappa shape index (κ1) is 27.9. The van der Waals surface area contributed by atoms with Gasteiger partial charge in [-0.15, -0.1) is 0 Å². The summed E-state index contributed by atoms with van der Waals surface area (Å²) < 4.78 is 35.1. The predicted octanol–water partition coefficient (Wildman–Crippen LogP) is 5.22. The van der Waals surface area contributed by atoms with E-state index in [2.05, 4.69) is 21.8 Å². The van der Waals surface area contributed by atoms with Gasteiger partial charge in [-0.25, -0.2) is 13.1 Å². The zero-order valence-electron chi connectivity index (χ0n) is 23.1. The largest absolute Gasteiger partial charge is 0.490 e. The van der Waals surface area contributed by atoms with Crippen molar-refractivity contribution in [2.75, 3.05) is 24.6 Å². The molecule has 0 radical (unpaired) electrons. The van der Waals surface area contributed by atoms with Gasteiger partial charge in [-0.1, -0.05) is 24.6 Å². The molecule has 1 amide bonds. The fourth-order valence-corrected chi connectivity index (χ4v) is 9.14. The number of nitrogens with zero attached hydrogens (tertiary/aromatic N) is 1.